The molecule has 1 aromatic carbocycles. The lowest BCUT2D eigenvalue weighted by Crippen LogP contribution is -2.01. The van der Waals surface area contributed by atoms with Gasteiger partial charge in [0.25, 0.3) is 0 Å². The van der Waals surface area contributed by atoms with Crippen molar-refractivity contribution in [2.45, 2.75) is 12.8 Å². The number of hydrogen-bond donors (Lipinski definition) is 1. The first-order chi connectivity index (χ1) is 8.83. The van der Waals surface area contributed by atoms with E-state index in [-0.39, 0.29) is 0 Å². The van der Waals surface area contributed by atoms with Crippen LogP contribution in [0.25, 0.3) is 10.2 Å². The van der Waals surface area contributed by atoms with E-state index in [0.29, 0.717) is 5.82 Å². The van der Waals surface area contributed by atoms with Crippen LogP contribution in [0.5, 0.6) is 0 Å². The minimum atomic E-state index is 0.587. The Labute approximate surface area is 109 Å². The second-order valence-electron chi connectivity index (χ2n) is 4.15. The Bertz CT molecular complexity index is 661. The lowest BCUT2D eigenvalue weighted by Gasteiger charge is -2.03. The number of benzene rings is 1. The molecule has 3 rings (SSSR count). The van der Waals surface area contributed by atoms with Gasteiger partial charge in [0.1, 0.15) is 16.5 Å². The maximum Gasteiger partial charge on any atom is 0.135 e. The molecular weight excluding hydrogens is 242 g/mol. The molecule has 90 valence electrons. The lowest BCUT2D eigenvalue weighted by molar-refractivity contribution is 0.874. The van der Waals surface area contributed by atoms with Crippen LogP contribution in [0.1, 0.15) is 11.4 Å². The van der Waals surface area contributed by atoms with Gasteiger partial charge in [0.2, 0.25) is 0 Å². The topological polar surface area (TPSA) is 51.8 Å². The molecule has 2 aromatic heterocycles. The quantitative estimate of drug-likeness (QED) is 0.782. The molecule has 2 heterocycles. The number of nitrogens with two attached hydrogens (primary N) is 1. The molecule has 0 saturated carbocycles. The highest BCUT2D eigenvalue weighted by atomic mass is 32.1. The maximum absolute atomic E-state index is 5.93. The minimum absolute atomic E-state index is 0.587. The predicted molar refractivity (Wildman–Crippen MR) is 75.7 cm³/mol. The van der Waals surface area contributed by atoms with Gasteiger partial charge in [-0.3, -0.25) is 0 Å². The monoisotopic (exact) mass is 255 g/mol. The van der Waals surface area contributed by atoms with E-state index in [1.807, 2.05) is 29.6 Å². The minimum Gasteiger partial charge on any atom is -0.383 e. The van der Waals surface area contributed by atoms with Gasteiger partial charge >= 0.3 is 0 Å². The van der Waals surface area contributed by atoms with Gasteiger partial charge in [-0.15, -0.1) is 11.3 Å². The molecule has 0 spiro atoms. The summed E-state index contributed by atoms with van der Waals surface area (Å²) in [6.07, 6.45) is 1.76. The van der Waals surface area contributed by atoms with Crippen molar-refractivity contribution in [2.75, 3.05) is 5.73 Å². The average Bonchev–Trinajstić information content (AvgIpc) is 2.86. The Morgan fingerprint density at radius 2 is 1.83 bits per heavy atom. The number of aryl methyl sites for hydroxylation is 2. The van der Waals surface area contributed by atoms with Crippen molar-refractivity contribution < 1.29 is 0 Å². The molecule has 0 fully saturated rings. The van der Waals surface area contributed by atoms with Crippen LogP contribution in [0, 0.1) is 0 Å². The van der Waals surface area contributed by atoms with Gasteiger partial charge in [0, 0.05) is 6.42 Å². The third-order valence-corrected chi connectivity index (χ3v) is 3.69. The van der Waals surface area contributed by atoms with Crippen molar-refractivity contribution in [3.8, 4) is 0 Å². The SMILES string of the molecule is Nc1nc(CCc2ccccc2)nc2sccc12. The van der Waals surface area contributed by atoms with Crippen LogP contribution in [0.3, 0.4) is 0 Å². The molecule has 0 aliphatic rings. The zero-order chi connectivity index (χ0) is 12.4. The van der Waals surface area contributed by atoms with E-state index in [4.69, 9.17) is 5.73 Å². The Morgan fingerprint density at radius 1 is 1.00 bits per heavy atom. The third-order valence-electron chi connectivity index (χ3n) is 2.88. The fraction of sp³-hybridized carbons (Fsp3) is 0.143. The van der Waals surface area contributed by atoms with Crippen LogP contribution in [-0.2, 0) is 12.8 Å². The van der Waals surface area contributed by atoms with Crippen molar-refractivity contribution in [3.05, 3.63) is 53.2 Å². The van der Waals surface area contributed by atoms with E-state index in [2.05, 4.69) is 22.1 Å². The summed E-state index contributed by atoms with van der Waals surface area (Å²) in [5, 5.41) is 2.96. The van der Waals surface area contributed by atoms with Crippen molar-refractivity contribution in [1.29, 1.82) is 0 Å². The number of aromatic nitrogens is 2. The third kappa shape index (κ3) is 2.19. The smallest absolute Gasteiger partial charge is 0.135 e. The Balaban J connectivity index is 1.82. The van der Waals surface area contributed by atoms with Gasteiger partial charge in [-0.1, -0.05) is 30.3 Å². The summed E-state index contributed by atoms with van der Waals surface area (Å²) in [6.45, 7) is 0. The summed E-state index contributed by atoms with van der Waals surface area (Å²) in [5.41, 5.74) is 7.22. The lowest BCUT2D eigenvalue weighted by atomic mass is 10.1. The number of nitrogen functional groups attached to an aromatic ring is 1. The fourth-order valence-corrected chi connectivity index (χ4v) is 2.73. The van der Waals surface area contributed by atoms with Crippen LogP contribution in [0.4, 0.5) is 5.82 Å². The molecule has 0 amide bonds. The van der Waals surface area contributed by atoms with Gasteiger partial charge in [0.15, 0.2) is 0 Å². The molecule has 0 atom stereocenters. The average molecular weight is 255 g/mol. The number of hydrogen-bond acceptors (Lipinski definition) is 4. The summed E-state index contributed by atoms with van der Waals surface area (Å²) in [6, 6.07) is 12.3. The molecule has 0 aliphatic carbocycles. The van der Waals surface area contributed by atoms with Crippen LogP contribution in [0.15, 0.2) is 41.8 Å². The van der Waals surface area contributed by atoms with Crippen molar-refractivity contribution >= 4 is 27.4 Å². The van der Waals surface area contributed by atoms with E-state index in [9.17, 15) is 0 Å². The van der Waals surface area contributed by atoms with Crippen molar-refractivity contribution in [1.82, 2.24) is 9.97 Å². The van der Waals surface area contributed by atoms with Gasteiger partial charge in [-0.2, -0.15) is 0 Å². The van der Waals surface area contributed by atoms with Gasteiger partial charge in [-0.25, -0.2) is 9.97 Å². The van der Waals surface area contributed by atoms with E-state index in [1.165, 1.54) is 5.56 Å². The molecule has 3 nitrogen and oxygen atoms in total. The summed E-state index contributed by atoms with van der Waals surface area (Å²) >= 11 is 1.61. The molecule has 0 saturated heterocycles. The summed E-state index contributed by atoms with van der Waals surface area (Å²) in [4.78, 5) is 9.88. The molecule has 4 heteroatoms. The molecular formula is C14H13N3S. The first-order valence-corrected chi connectivity index (χ1v) is 6.74. The first-order valence-electron chi connectivity index (χ1n) is 5.86. The fourth-order valence-electron chi connectivity index (χ4n) is 1.94. The Kier molecular flexibility index (Phi) is 2.94. The summed E-state index contributed by atoms with van der Waals surface area (Å²) in [5.74, 6) is 1.41. The van der Waals surface area contributed by atoms with Crippen LogP contribution in [0.2, 0.25) is 0 Å². The highest BCUT2D eigenvalue weighted by Gasteiger charge is 2.06. The van der Waals surface area contributed by atoms with E-state index < -0.39 is 0 Å². The van der Waals surface area contributed by atoms with E-state index in [0.717, 1.165) is 28.9 Å². The second kappa shape index (κ2) is 4.74. The van der Waals surface area contributed by atoms with Crippen molar-refractivity contribution in [3.63, 3.8) is 0 Å². The predicted octanol–water partition coefficient (Wildman–Crippen LogP) is 3.06. The number of thiophene rings is 1. The van der Waals surface area contributed by atoms with Crippen molar-refractivity contribution in [2.24, 2.45) is 0 Å². The Hall–Kier alpha value is -1.94. The molecule has 0 unspecified atom stereocenters. The summed E-state index contributed by atoms with van der Waals surface area (Å²) < 4.78 is 0. The van der Waals surface area contributed by atoms with Crippen LogP contribution < -0.4 is 5.73 Å². The first kappa shape index (κ1) is 11.2. The summed E-state index contributed by atoms with van der Waals surface area (Å²) in [7, 11) is 0. The van der Waals surface area contributed by atoms with Crippen LogP contribution >= 0.6 is 11.3 Å². The van der Waals surface area contributed by atoms with Gasteiger partial charge in [0.05, 0.1) is 5.39 Å². The Morgan fingerprint density at radius 3 is 2.67 bits per heavy atom. The molecule has 3 aromatic rings. The number of anilines is 1. The maximum atomic E-state index is 5.93. The van der Waals surface area contributed by atoms with E-state index >= 15 is 0 Å². The molecule has 0 aliphatic heterocycles. The molecule has 0 radical (unpaired) electrons. The number of rotatable bonds is 3. The number of nitrogens with zero attached hydrogens (tertiary/aromatic N) is 2. The normalized spacial score (nSPS) is 10.9. The number of fused-ring (bicyclic) bond motifs is 1. The highest BCUT2D eigenvalue weighted by molar-refractivity contribution is 7.16. The molecule has 18 heavy (non-hydrogen) atoms. The zero-order valence-corrected chi connectivity index (χ0v) is 10.7. The van der Waals surface area contributed by atoms with Crippen LogP contribution in [-0.4, -0.2) is 9.97 Å². The standard InChI is InChI=1S/C14H13N3S/c15-13-11-8-9-18-14(11)17-12(16-13)7-6-10-4-2-1-3-5-10/h1-5,8-9H,6-7H2,(H2,15,16,17). The molecule has 2 N–H and O–H groups in total. The largest absolute Gasteiger partial charge is 0.383 e. The van der Waals surface area contributed by atoms with E-state index in [1.54, 1.807) is 11.3 Å². The van der Waals surface area contributed by atoms with Gasteiger partial charge in [-0.05, 0) is 23.4 Å². The van der Waals surface area contributed by atoms with Gasteiger partial charge < -0.3 is 5.73 Å². The highest BCUT2D eigenvalue weighted by Crippen LogP contribution is 2.23. The molecule has 0 bridgehead atoms. The zero-order valence-electron chi connectivity index (χ0n) is 9.84. The second-order valence-corrected chi connectivity index (χ2v) is 5.04.